The smallest absolute Gasteiger partial charge is 0.305 e. The summed E-state index contributed by atoms with van der Waals surface area (Å²) in [6.45, 7) is 5.09. The molecule has 0 unspecified atom stereocenters. The van der Waals surface area contributed by atoms with Crippen LogP contribution < -0.4 is 4.87 Å². The van der Waals surface area contributed by atoms with Gasteiger partial charge in [-0.2, -0.15) is 0 Å². The number of aliphatic hydroxyl groups excluding tert-OH is 1. The summed E-state index contributed by atoms with van der Waals surface area (Å²) in [7, 11) is 0. The molecule has 2 aliphatic heterocycles. The maximum atomic E-state index is 13.3. The van der Waals surface area contributed by atoms with Gasteiger partial charge in [0.2, 0.25) is 0 Å². The first-order valence-electron chi connectivity index (χ1n) is 16.9. The van der Waals surface area contributed by atoms with Crippen molar-refractivity contribution in [1.82, 2.24) is 19.8 Å². The Bertz CT molecular complexity index is 1620. The van der Waals surface area contributed by atoms with Crippen molar-refractivity contribution >= 4 is 49.0 Å². The van der Waals surface area contributed by atoms with Crippen molar-refractivity contribution in [3.8, 4) is 5.75 Å². The number of piperidine rings is 1. The predicted molar refractivity (Wildman–Crippen MR) is 185 cm³/mol. The number of aromatic hydroxyl groups is 1. The fourth-order valence-corrected chi connectivity index (χ4v) is 8.82. The summed E-state index contributed by atoms with van der Waals surface area (Å²) >= 11 is 2.52. The lowest BCUT2D eigenvalue weighted by atomic mass is 9.89. The highest BCUT2D eigenvalue weighted by molar-refractivity contribution is 7.20. The van der Waals surface area contributed by atoms with Crippen LogP contribution >= 0.6 is 22.7 Å². The molecule has 46 heavy (non-hydrogen) atoms. The van der Waals surface area contributed by atoms with E-state index in [0.717, 1.165) is 72.4 Å². The lowest BCUT2D eigenvalue weighted by molar-refractivity contribution is -0.127. The van der Waals surface area contributed by atoms with Gasteiger partial charge in [0.1, 0.15) is 11.3 Å². The van der Waals surface area contributed by atoms with Gasteiger partial charge >= 0.3 is 4.87 Å². The summed E-state index contributed by atoms with van der Waals surface area (Å²) in [4.78, 5) is 36.6. The van der Waals surface area contributed by atoms with E-state index >= 15 is 0 Å². The van der Waals surface area contributed by atoms with Crippen molar-refractivity contribution in [2.75, 3.05) is 39.3 Å². The molecule has 2 aromatic carbocycles. The molecular formula is C35H46N4O5S2. The maximum absolute atomic E-state index is 13.3. The molecule has 248 valence electrons. The standard InChI is InChI=1S/C35H46N4O5S2/c40-27(25-15-16-28(41)30-31(25)46-34(43)37-30)13-8-6-4-2-1-3-5-7-11-19-38-20-17-35(18-21-38)24-39(22-23-44-35)33(42)32-36-26-12-9-10-14-29(26)45-32/h9-10,12,14-16,27,40-41H,1-8,11,13,17-24H2,(H,37,43)/t27-/m0/s1. The van der Waals surface area contributed by atoms with Gasteiger partial charge in [-0.25, -0.2) is 4.98 Å². The van der Waals surface area contributed by atoms with Gasteiger partial charge in [-0.3, -0.25) is 9.59 Å². The van der Waals surface area contributed by atoms with E-state index in [-0.39, 0.29) is 22.1 Å². The van der Waals surface area contributed by atoms with E-state index < -0.39 is 6.10 Å². The molecule has 6 rings (SSSR count). The fourth-order valence-electron chi connectivity index (χ4n) is 6.97. The zero-order valence-electron chi connectivity index (χ0n) is 26.5. The van der Waals surface area contributed by atoms with E-state index in [9.17, 15) is 19.8 Å². The van der Waals surface area contributed by atoms with Gasteiger partial charge in [0, 0.05) is 25.2 Å². The third-order valence-electron chi connectivity index (χ3n) is 9.68. The molecule has 0 bridgehead atoms. The molecule has 3 N–H and O–H groups in total. The number of nitrogens with one attached hydrogen (secondary N) is 1. The van der Waals surface area contributed by atoms with Crippen molar-refractivity contribution in [3.63, 3.8) is 0 Å². The zero-order chi connectivity index (χ0) is 31.9. The van der Waals surface area contributed by atoms with Gasteiger partial charge in [-0.05, 0) is 50.4 Å². The molecule has 1 spiro atoms. The first-order valence-corrected chi connectivity index (χ1v) is 18.6. The summed E-state index contributed by atoms with van der Waals surface area (Å²) < 4.78 is 8.03. The van der Waals surface area contributed by atoms with E-state index in [1.807, 2.05) is 29.2 Å². The number of phenols is 1. The summed E-state index contributed by atoms with van der Waals surface area (Å²) in [5.74, 6) is 0.0815. The van der Waals surface area contributed by atoms with Gasteiger partial charge in [-0.15, -0.1) is 11.3 Å². The highest BCUT2D eigenvalue weighted by Crippen LogP contribution is 2.34. The average molecular weight is 667 g/mol. The Balaban J connectivity index is 0.804. The molecule has 0 aliphatic carbocycles. The molecule has 1 amide bonds. The largest absolute Gasteiger partial charge is 0.506 e. The van der Waals surface area contributed by atoms with Gasteiger partial charge < -0.3 is 29.7 Å². The van der Waals surface area contributed by atoms with E-state index in [0.29, 0.717) is 41.3 Å². The summed E-state index contributed by atoms with van der Waals surface area (Å²) in [5, 5.41) is 21.2. The lowest BCUT2D eigenvalue weighted by Crippen LogP contribution is -2.58. The van der Waals surface area contributed by atoms with Crippen LogP contribution in [-0.4, -0.2) is 80.8 Å². The minimum absolute atomic E-state index is 0.0372. The number of rotatable bonds is 14. The molecule has 0 saturated carbocycles. The Labute approximate surface area is 278 Å². The van der Waals surface area contributed by atoms with Crippen molar-refractivity contribution in [1.29, 1.82) is 0 Å². The van der Waals surface area contributed by atoms with Gasteiger partial charge in [0.15, 0.2) is 5.01 Å². The first-order chi connectivity index (χ1) is 22.4. The number of benzene rings is 2. The summed E-state index contributed by atoms with van der Waals surface area (Å²) in [5.41, 5.74) is 1.82. The van der Waals surface area contributed by atoms with Crippen LogP contribution in [0.1, 0.15) is 98.5 Å². The minimum Gasteiger partial charge on any atom is -0.506 e. The van der Waals surface area contributed by atoms with E-state index in [2.05, 4.69) is 14.9 Å². The number of hydrogen-bond acceptors (Lipinski definition) is 9. The molecule has 2 aliphatic rings. The average Bonchev–Trinajstić information content (AvgIpc) is 3.68. The second kappa shape index (κ2) is 15.4. The Hall–Kier alpha value is -2.83. The molecule has 2 fully saturated rings. The van der Waals surface area contributed by atoms with Crippen LogP contribution in [-0.2, 0) is 4.74 Å². The number of nitrogens with zero attached hydrogens (tertiary/aromatic N) is 3. The molecule has 4 aromatic rings. The van der Waals surface area contributed by atoms with Gasteiger partial charge in [-0.1, -0.05) is 80.9 Å². The highest BCUT2D eigenvalue weighted by Gasteiger charge is 2.41. The first kappa shape index (κ1) is 33.1. The number of phenolic OH excluding ortho intramolecular Hbond substituents is 1. The fraction of sp³-hybridized carbons (Fsp3) is 0.571. The number of thiazole rings is 2. The zero-order valence-corrected chi connectivity index (χ0v) is 28.2. The number of morpholine rings is 1. The number of H-pyrrole nitrogens is 1. The molecule has 0 radical (unpaired) electrons. The molecule has 11 heteroatoms. The predicted octanol–water partition coefficient (Wildman–Crippen LogP) is 6.85. The molecular weight excluding hydrogens is 621 g/mol. The topological polar surface area (TPSA) is 119 Å². The number of ether oxygens (including phenoxy) is 1. The summed E-state index contributed by atoms with van der Waals surface area (Å²) in [6, 6.07) is 11.2. The number of unbranched alkanes of at least 4 members (excludes halogenated alkanes) is 8. The van der Waals surface area contributed by atoms with Gasteiger partial charge in [0.25, 0.3) is 5.91 Å². The van der Waals surface area contributed by atoms with Crippen molar-refractivity contribution in [3.05, 3.63) is 56.6 Å². The Kier molecular flexibility index (Phi) is 11.1. The van der Waals surface area contributed by atoms with E-state index in [1.165, 1.54) is 56.3 Å². The molecule has 9 nitrogen and oxygen atoms in total. The number of fused-ring (bicyclic) bond motifs is 2. The normalized spacial score (nSPS) is 17.7. The number of aromatic amines is 1. The maximum Gasteiger partial charge on any atom is 0.305 e. The number of aliphatic hydroxyl groups is 1. The van der Waals surface area contributed by atoms with E-state index in [4.69, 9.17) is 4.74 Å². The Morgan fingerprint density at radius 1 is 0.957 bits per heavy atom. The Morgan fingerprint density at radius 3 is 2.43 bits per heavy atom. The van der Waals surface area contributed by atoms with Gasteiger partial charge in [0.05, 0.1) is 39.8 Å². The molecule has 2 aromatic heterocycles. The van der Waals surface area contributed by atoms with E-state index in [1.54, 1.807) is 12.1 Å². The number of likely N-dealkylation sites (tertiary alicyclic amines) is 1. The van der Waals surface area contributed by atoms with Crippen LogP contribution in [0.2, 0.25) is 0 Å². The van der Waals surface area contributed by atoms with Crippen LogP contribution in [0.25, 0.3) is 20.4 Å². The summed E-state index contributed by atoms with van der Waals surface area (Å²) in [6.07, 6.45) is 12.7. The molecule has 1 atom stereocenters. The third-order valence-corrected chi connectivity index (χ3v) is 11.6. The Morgan fingerprint density at radius 2 is 1.67 bits per heavy atom. The van der Waals surface area contributed by atoms with Crippen molar-refractivity contribution in [2.45, 2.75) is 88.8 Å². The second-order valence-corrected chi connectivity index (χ2v) is 15.0. The quantitative estimate of drug-likeness (QED) is 0.126. The SMILES string of the molecule is O=C(c1nc2ccccc2s1)N1CCOC2(CCN(CCCCCCCCCCC[C@H](O)c3ccc(O)c4[nH]c(=O)sc34)CC2)C1. The van der Waals surface area contributed by atoms with Crippen molar-refractivity contribution < 1.29 is 19.7 Å². The minimum atomic E-state index is -0.621. The number of aromatic nitrogens is 2. The highest BCUT2D eigenvalue weighted by atomic mass is 32.1. The number of para-hydroxylation sites is 1. The van der Waals surface area contributed by atoms with Crippen LogP contribution in [0.3, 0.4) is 0 Å². The molecule has 2 saturated heterocycles. The number of amides is 1. The number of carbonyl (C=O) groups excluding carboxylic acids is 1. The van der Waals surface area contributed by atoms with Crippen LogP contribution in [0, 0.1) is 0 Å². The second-order valence-electron chi connectivity index (χ2n) is 13.0. The van der Waals surface area contributed by atoms with Crippen LogP contribution in [0.15, 0.2) is 41.2 Å². The van der Waals surface area contributed by atoms with Crippen LogP contribution in [0.5, 0.6) is 5.75 Å². The third kappa shape index (κ3) is 7.99. The number of carbonyl (C=O) groups is 1. The molecule has 4 heterocycles. The number of hydrogen-bond donors (Lipinski definition) is 3. The van der Waals surface area contributed by atoms with Crippen LogP contribution in [0.4, 0.5) is 0 Å². The monoisotopic (exact) mass is 666 g/mol. The lowest BCUT2D eigenvalue weighted by Gasteiger charge is -2.47. The van der Waals surface area contributed by atoms with Crippen molar-refractivity contribution in [2.24, 2.45) is 0 Å².